The summed E-state index contributed by atoms with van der Waals surface area (Å²) in [5, 5.41) is 25.3. The van der Waals surface area contributed by atoms with Gasteiger partial charge in [0, 0.05) is 21.5 Å². The van der Waals surface area contributed by atoms with Gasteiger partial charge in [0.2, 0.25) is 0 Å². The highest BCUT2D eigenvalue weighted by Crippen LogP contribution is 2.53. The number of aromatic hydroxyl groups is 2. The van der Waals surface area contributed by atoms with E-state index in [0.29, 0.717) is 0 Å². The van der Waals surface area contributed by atoms with Crippen LogP contribution in [-0.2, 0) is 40.3 Å². The fourth-order valence-electron chi connectivity index (χ4n) is 7.21. The van der Waals surface area contributed by atoms with Gasteiger partial charge in [-0.2, -0.15) is 16.8 Å². The van der Waals surface area contributed by atoms with E-state index < -0.39 is 56.1 Å². The second-order valence-electron chi connectivity index (χ2n) is 12.9. The van der Waals surface area contributed by atoms with Crippen LogP contribution >= 0.6 is 0 Å². The van der Waals surface area contributed by atoms with E-state index in [4.69, 9.17) is 0 Å². The molecule has 0 fully saturated rings. The average Bonchev–Trinajstić information content (AvgIpc) is 3.34. The van der Waals surface area contributed by atoms with Crippen molar-refractivity contribution in [2.24, 2.45) is 0 Å². The number of anilines is 6. The molecule has 0 saturated carbocycles. The lowest BCUT2D eigenvalue weighted by molar-refractivity contribution is 0.262. The molecule has 2 heterocycles. The first-order chi connectivity index (χ1) is 26.1. The molecule has 0 radical (unpaired) electrons. The predicted octanol–water partition coefficient (Wildman–Crippen LogP) is 5.84. The van der Waals surface area contributed by atoms with Gasteiger partial charge in [0.15, 0.2) is 0 Å². The molecule has 0 spiro atoms. The van der Waals surface area contributed by atoms with E-state index >= 15 is 0 Å². The lowest BCUT2D eigenvalue weighted by Gasteiger charge is -2.21. The van der Waals surface area contributed by atoms with Crippen molar-refractivity contribution in [3.05, 3.63) is 96.1 Å². The molecule has 6 aromatic rings. The first-order valence-electron chi connectivity index (χ1n) is 16.0. The number of carbonyl (C=O) groups excluding carboxylic acids is 1. The summed E-state index contributed by atoms with van der Waals surface area (Å²) in [7, 11) is -18.7. The Morgan fingerprint density at radius 3 is 1.25 bits per heavy atom. The van der Waals surface area contributed by atoms with Gasteiger partial charge in [0.05, 0.1) is 34.1 Å². The number of sulfonamides is 2. The molecular weight excluding hydrogens is 813 g/mol. The zero-order valence-corrected chi connectivity index (χ0v) is 31.8. The second-order valence-corrected chi connectivity index (χ2v) is 19.1. The van der Waals surface area contributed by atoms with Crippen molar-refractivity contribution >= 4 is 102 Å². The van der Waals surface area contributed by atoms with E-state index in [1.54, 1.807) is 0 Å². The van der Waals surface area contributed by atoms with Crippen LogP contribution in [0.3, 0.4) is 0 Å². The second kappa shape index (κ2) is 12.0. The SMILES string of the molecule is Cc1ccc2c(NC(=O)Nc3c4ccc(C)c3S(=O)(=O)N4c3ccc(S(=O)(=O)O)c4ccc(O)cc34)c1S(=O)(=O)N2c1ccc(S(=O)(=O)O)c2ccc(O)cc12. The van der Waals surface area contributed by atoms with Gasteiger partial charge >= 0.3 is 6.03 Å². The van der Waals surface area contributed by atoms with Crippen LogP contribution in [0.2, 0.25) is 0 Å². The highest BCUT2D eigenvalue weighted by atomic mass is 32.2. The number of aryl methyl sites for hydroxylation is 2. The summed E-state index contributed by atoms with van der Waals surface area (Å²) in [5.74, 6) is -0.691. The van der Waals surface area contributed by atoms with Crippen LogP contribution in [0.15, 0.2) is 105 Å². The molecule has 0 atom stereocenters. The lowest BCUT2D eigenvalue weighted by Crippen LogP contribution is -2.22. The van der Waals surface area contributed by atoms with Crippen molar-refractivity contribution in [3.63, 3.8) is 0 Å². The lowest BCUT2D eigenvalue weighted by atomic mass is 10.1. The third-order valence-electron chi connectivity index (χ3n) is 9.44. The molecule has 0 saturated heterocycles. The Balaban J connectivity index is 1.23. The smallest absolute Gasteiger partial charge is 0.323 e. The number of nitrogens with one attached hydrogen (secondary N) is 2. The van der Waals surface area contributed by atoms with Crippen LogP contribution in [0, 0.1) is 13.8 Å². The number of amides is 2. The number of hydrogen-bond donors (Lipinski definition) is 6. The van der Waals surface area contributed by atoms with Crippen molar-refractivity contribution in [2.75, 3.05) is 19.2 Å². The Kier molecular flexibility index (Phi) is 7.93. The number of carbonyl (C=O) groups is 1. The largest absolute Gasteiger partial charge is 0.508 e. The molecule has 0 aliphatic carbocycles. The van der Waals surface area contributed by atoms with Crippen molar-refractivity contribution < 1.29 is 57.8 Å². The fourth-order valence-corrected chi connectivity index (χ4v) is 12.4. The molecule has 56 heavy (non-hydrogen) atoms. The Labute approximate surface area is 318 Å². The molecule has 2 aliphatic heterocycles. The minimum Gasteiger partial charge on any atom is -0.508 e. The maximum atomic E-state index is 14.2. The highest BCUT2D eigenvalue weighted by molar-refractivity contribution is 7.94. The molecule has 6 aromatic carbocycles. The number of phenolic OH excluding ortho intramolecular Hbond substituents is 2. The number of hydrogen-bond acceptors (Lipinski definition) is 11. The summed E-state index contributed by atoms with van der Waals surface area (Å²) in [5.41, 5.74) is -0.480. The molecule has 2 aliphatic rings. The maximum Gasteiger partial charge on any atom is 0.323 e. The molecular formula is C35H26N4O13S4. The van der Waals surface area contributed by atoms with Crippen molar-refractivity contribution in [1.82, 2.24) is 0 Å². The summed E-state index contributed by atoms with van der Waals surface area (Å²) in [6.45, 7) is 2.94. The van der Waals surface area contributed by atoms with Crippen LogP contribution in [-0.4, -0.2) is 59.0 Å². The van der Waals surface area contributed by atoms with E-state index in [2.05, 4.69) is 10.6 Å². The molecule has 6 N–H and O–H groups in total. The number of nitrogens with zero attached hydrogens (tertiary/aromatic N) is 2. The topological polar surface area (TPSA) is 265 Å². The van der Waals surface area contributed by atoms with Crippen LogP contribution < -0.4 is 19.2 Å². The maximum absolute atomic E-state index is 14.2. The standard InChI is InChI=1S/C35H26N4O13S4/c1-17-3-9-27-31(33(17)53(43,44)38(27)25-11-13-29(55(47,48)49)21-7-5-19(40)15-23(21)25)36-35(42)37-32-28-10-4-18(2)34(32)54(45,46)39(28)26-12-14-30(56(50,51)52)22-8-6-20(41)16-24(22)26/h3-16,40-41H,1-2H3,(H2,36,37,42)(H,47,48,49)(H,50,51,52). The normalized spacial score (nSPS) is 15.4. The Bertz CT molecular complexity index is 3050. The van der Waals surface area contributed by atoms with Crippen LogP contribution in [0.5, 0.6) is 11.5 Å². The molecule has 4 bridgehead atoms. The summed E-state index contributed by atoms with van der Waals surface area (Å²) < 4.78 is 127. The first-order valence-corrected chi connectivity index (χ1v) is 21.8. The Morgan fingerprint density at radius 1 is 0.536 bits per heavy atom. The number of fused-ring (bicyclic) bond motifs is 6. The zero-order valence-electron chi connectivity index (χ0n) is 28.6. The fraction of sp³-hybridized carbons (Fsp3) is 0.0571. The first kappa shape index (κ1) is 37.0. The number of benzene rings is 6. The van der Waals surface area contributed by atoms with Crippen molar-refractivity contribution in [2.45, 2.75) is 33.4 Å². The van der Waals surface area contributed by atoms with Gasteiger partial charge in [-0.25, -0.2) is 30.2 Å². The quantitative estimate of drug-likeness (QED) is 0.108. The summed E-state index contributed by atoms with van der Waals surface area (Å²) in [6.07, 6.45) is 0. The Hall–Kier alpha value is -5.97. The number of rotatable bonds is 6. The van der Waals surface area contributed by atoms with Crippen LogP contribution in [0.25, 0.3) is 21.5 Å². The van der Waals surface area contributed by atoms with Crippen LogP contribution in [0.4, 0.5) is 38.9 Å². The molecule has 21 heteroatoms. The van der Waals surface area contributed by atoms with Gasteiger partial charge in [-0.15, -0.1) is 0 Å². The van der Waals surface area contributed by atoms with Crippen LogP contribution in [0.1, 0.15) is 11.1 Å². The van der Waals surface area contributed by atoms with E-state index in [9.17, 15) is 57.8 Å². The highest BCUT2D eigenvalue weighted by Gasteiger charge is 2.44. The molecule has 288 valence electrons. The van der Waals surface area contributed by atoms with Gasteiger partial charge in [0.25, 0.3) is 40.3 Å². The Morgan fingerprint density at radius 2 is 0.893 bits per heavy atom. The number of urea groups is 1. The summed E-state index contributed by atoms with van der Waals surface area (Å²) in [6, 6.07) is 15.8. The molecule has 2 amide bonds. The third-order valence-corrected chi connectivity index (χ3v) is 15.1. The number of phenols is 2. The third kappa shape index (κ3) is 5.42. The summed E-state index contributed by atoms with van der Waals surface area (Å²) in [4.78, 5) is 12.1. The zero-order chi connectivity index (χ0) is 40.4. The predicted molar refractivity (Wildman–Crippen MR) is 205 cm³/mol. The molecule has 8 rings (SSSR count). The minimum absolute atomic E-state index is 0.0742. The average molecular weight is 839 g/mol. The van der Waals surface area contributed by atoms with Gasteiger partial charge in [0.1, 0.15) is 31.1 Å². The monoisotopic (exact) mass is 838 g/mol. The molecule has 0 unspecified atom stereocenters. The summed E-state index contributed by atoms with van der Waals surface area (Å²) >= 11 is 0. The van der Waals surface area contributed by atoms with Gasteiger partial charge in [-0.3, -0.25) is 9.11 Å². The molecule has 0 aromatic heterocycles. The van der Waals surface area contributed by atoms with Gasteiger partial charge < -0.3 is 20.8 Å². The van der Waals surface area contributed by atoms with E-state index in [0.717, 1.165) is 57.1 Å². The van der Waals surface area contributed by atoms with Crippen molar-refractivity contribution in [1.29, 1.82) is 0 Å². The van der Waals surface area contributed by atoms with E-state index in [1.165, 1.54) is 50.2 Å². The van der Waals surface area contributed by atoms with Crippen molar-refractivity contribution in [3.8, 4) is 11.5 Å². The minimum atomic E-state index is -4.79. The van der Waals surface area contributed by atoms with E-state index in [-0.39, 0.29) is 88.1 Å². The molecule has 17 nitrogen and oxygen atoms in total. The van der Waals surface area contributed by atoms with Gasteiger partial charge in [-0.1, -0.05) is 12.1 Å². The van der Waals surface area contributed by atoms with E-state index in [1.807, 2.05) is 0 Å². The van der Waals surface area contributed by atoms with Gasteiger partial charge in [-0.05, 0) is 97.8 Å².